The smallest absolute Gasteiger partial charge is 0.323 e. The van der Waals surface area contributed by atoms with Gasteiger partial charge in [0, 0.05) is 9.37 Å². The molecule has 0 spiro atoms. The largest absolute Gasteiger partial charge is 0.480 e. The first-order valence-electron chi connectivity index (χ1n) is 5.78. The van der Waals surface area contributed by atoms with Crippen LogP contribution in [-0.2, 0) is 4.79 Å². The van der Waals surface area contributed by atoms with E-state index < -0.39 is 11.5 Å². The number of halogens is 1. The van der Waals surface area contributed by atoms with E-state index >= 15 is 0 Å². The van der Waals surface area contributed by atoms with Gasteiger partial charge in [0.05, 0.1) is 0 Å². The number of aliphatic carboxylic acids is 1. The van der Waals surface area contributed by atoms with Crippen molar-refractivity contribution < 1.29 is 9.90 Å². The van der Waals surface area contributed by atoms with Crippen molar-refractivity contribution in [2.45, 2.75) is 30.2 Å². The van der Waals surface area contributed by atoms with Crippen molar-refractivity contribution in [1.82, 2.24) is 5.32 Å². The Labute approximate surface area is 120 Å². The lowest BCUT2D eigenvalue weighted by molar-refractivity contribution is -0.144. The Morgan fingerprint density at radius 3 is 2.83 bits per heavy atom. The molecule has 1 atom stereocenters. The van der Waals surface area contributed by atoms with Gasteiger partial charge in [0.1, 0.15) is 5.54 Å². The Bertz CT molecular complexity index is 414. The predicted molar refractivity (Wildman–Crippen MR) is 79.2 cm³/mol. The van der Waals surface area contributed by atoms with E-state index in [1.165, 1.54) is 4.90 Å². The van der Waals surface area contributed by atoms with E-state index in [0.717, 1.165) is 16.6 Å². The van der Waals surface area contributed by atoms with Crippen LogP contribution in [0.5, 0.6) is 0 Å². The fraction of sp³-hybridized carbons (Fsp3) is 0.462. The van der Waals surface area contributed by atoms with E-state index in [2.05, 4.69) is 33.4 Å². The summed E-state index contributed by atoms with van der Waals surface area (Å²) in [4.78, 5) is 12.3. The Morgan fingerprint density at radius 2 is 2.28 bits per heavy atom. The van der Waals surface area contributed by atoms with Crippen LogP contribution in [0.15, 0.2) is 33.6 Å². The highest BCUT2D eigenvalue weighted by Gasteiger charge is 2.30. The normalized spacial score (nSPS) is 14.2. The first kappa shape index (κ1) is 15.5. The highest BCUT2D eigenvalue weighted by Crippen LogP contribution is 2.24. The third-order valence-corrected chi connectivity index (χ3v) is 4.48. The van der Waals surface area contributed by atoms with Crippen molar-refractivity contribution in [1.29, 1.82) is 0 Å². The maximum absolute atomic E-state index is 11.1. The molecular weight excluding hydrogens is 314 g/mol. The van der Waals surface area contributed by atoms with Gasteiger partial charge in [-0.2, -0.15) is 0 Å². The van der Waals surface area contributed by atoms with Crippen molar-refractivity contribution in [3.05, 3.63) is 28.7 Å². The zero-order valence-electron chi connectivity index (χ0n) is 10.6. The number of carboxylic acid groups (broad SMARTS) is 1. The second kappa shape index (κ2) is 7.16. The number of benzene rings is 1. The van der Waals surface area contributed by atoms with Crippen LogP contribution in [0.2, 0.25) is 0 Å². The molecule has 0 heterocycles. The quantitative estimate of drug-likeness (QED) is 0.594. The van der Waals surface area contributed by atoms with Crippen molar-refractivity contribution in [2.24, 2.45) is 0 Å². The summed E-state index contributed by atoms with van der Waals surface area (Å²) in [5.41, 5.74) is -0.822. The van der Waals surface area contributed by atoms with E-state index in [0.29, 0.717) is 6.42 Å². The molecule has 0 saturated carbocycles. The molecule has 5 heteroatoms. The van der Waals surface area contributed by atoms with E-state index in [-0.39, 0.29) is 0 Å². The second-order valence-electron chi connectivity index (χ2n) is 4.30. The monoisotopic (exact) mass is 331 g/mol. The van der Waals surface area contributed by atoms with E-state index in [4.69, 9.17) is 5.11 Å². The molecule has 2 N–H and O–H groups in total. The summed E-state index contributed by atoms with van der Waals surface area (Å²) in [5, 5.41) is 12.0. The Hall–Kier alpha value is -0.520. The van der Waals surface area contributed by atoms with Gasteiger partial charge >= 0.3 is 5.97 Å². The Balaban J connectivity index is 2.37. The van der Waals surface area contributed by atoms with Gasteiger partial charge in [-0.05, 0) is 50.8 Å². The molecule has 0 amide bonds. The summed E-state index contributed by atoms with van der Waals surface area (Å²) in [6.45, 7) is 1.72. The minimum atomic E-state index is -0.822. The molecule has 0 bridgehead atoms. The van der Waals surface area contributed by atoms with Crippen LogP contribution in [-0.4, -0.2) is 29.4 Å². The number of rotatable bonds is 7. The minimum absolute atomic E-state index is 0.625. The molecule has 0 aliphatic heterocycles. The lowest BCUT2D eigenvalue weighted by Gasteiger charge is -2.23. The van der Waals surface area contributed by atoms with Gasteiger partial charge in [-0.15, -0.1) is 11.8 Å². The lowest BCUT2D eigenvalue weighted by Crippen LogP contribution is -2.47. The Kier molecular flexibility index (Phi) is 6.18. The topological polar surface area (TPSA) is 49.3 Å². The van der Waals surface area contributed by atoms with Crippen LogP contribution in [0.4, 0.5) is 0 Å². The van der Waals surface area contributed by atoms with Crippen LogP contribution in [0.1, 0.15) is 19.8 Å². The summed E-state index contributed by atoms with van der Waals surface area (Å²) in [6.07, 6.45) is 1.49. The van der Waals surface area contributed by atoms with Crippen molar-refractivity contribution >= 4 is 33.7 Å². The highest BCUT2D eigenvalue weighted by atomic mass is 79.9. The summed E-state index contributed by atoms with van der Waals surface area (Å²) < 4.78 is 1.07. The lowest BCUT2D eigenvalue weighted by atomic mass is 9.97. The third-order valence-electron chi connectivity index (χ3n) is 2.91. The molecule has 100 valence electrons. The molecule has 18 heavy (non-hydrogen) atoms. The average Bonchev–Trinajstić information content (AvgIpc) is 2.34. The average molecular weight is 332 g/mol. The molecule has 0 aliphatic rings. The van der Waals surface area contributed by atoms with Crippen LogP contribution < -0.4 is 5.32 Å². The van der Waals surface area contributed by atoms with Crippen LogP contribution >= 0.6 is 27.7 Å². The molecule has 1 unspecified atom stereocenters. The van der Waals surface area contributed by atoms with E-state index in [9.17, 15) is 4.79 Å². The number of likely N-dealkylation sites (N-methyl/N-ethyl adjacent to an activating group) is 1. The molecule has 0 aliphatic carbocycles. The highest BCUT2D eigenvalue weighted by molar-refractivity contribution is 9.10. The van der Waals surface area contributed by atoms with Crippen molar-refractivity contribution in [2.75, 3.05) is 12.8 Å². The van der Waals surface area contributed by atoms with Gasteiger partial charge in [-0.25, -0.2) is 0 Å². The van der Waals surface area contributed by atoms with E-state index in [1.807, 2.05) is 12.1 Å². The number of hydrogen-bond acceptors (Lipinski definition) is 3. The first-order chi connectivity index (χ1) is 8.48. The molecule has 0 radical (unpaired) electrons. The molecule has 1 aromatic rings. The number of thioether (sulfide) groups is 1. The molecule has 1 aromatic carbocycles. The van der Waals surface area contributed by atoms with Gasteiger partial charge in [0.2, 0.25) is 0 Å². The minimum Gasteiger partial charge on any atom is -0.480 e. The second-order valence-corrected chi connectivity index (χ2v) is 6.38. The maximum Gasteiger partial charge on any atom is 0.323 e. The van der Waals surface area contributed by atoms with Crippen LogP contribution in [0, 0.1) is 0 Å². The molecule has 1 rings (SSSR count). The van der Waals surface area contributed by atoms with Gasteiger partial charge in [0.25, 0.3) is 0 Å². The predicted octanol–water partition coefficient (Wildman–Crippen LogP) is 3.38. The van der Waals surface area contributed by atoms with Gasteiger partial charge < -0.3 is 10.4 Å². The zero-order valence-corrected chi connectivity index (χ0v) is 13.0. The fourth-order valence-corrected chi connectivity index (χ4v) is 2.97. The molecule has 0 saturated heterocycles. The number of carboxylic acids is 1. The maximum atomic E-state index is 11.1. The summed E-state index contributed by atoms with van der Waals surface area (Å²) >= 11 is 5.18. The van der Waals surface area contributed by atoms with Crippen molar-refractivity contribution in [3.8, 4) is 0 Å². The SMILES string of the molecule is CNC(C)(CCCSc1cccc(Br)c1)C(=O)O. The standard InChI is InChI=1S/C13H18BrNO2S/c1-13(15-2,12(16)17)7-4-8-18-11-6-3-5-10(14)9-11/h3,5-6,9,15H,4,7-8H2,1-2H3,(H,16,17). The van der Waals surface area contributed by atoms with Gasteiger partial charge in [-0.3, -0.25) is 4.79 Å². The zero-order chi connectivity index (χ0) is 13.6. The number of hydrogen-bond donors (Lipinski definition) is 2. The first-order valence-corrected chi connectivity index (χ1v) is 7.56. The summed E-state index contributed by atoms with van der Waals surface area (Å²) in [7, 11) is 1.69. The fourth-order valence-electron chi connectivity index (χ4n) is 1.51. The van der Waals surface area contributed by atoms with Crippen LogP contribution in [0.25, 0.3) is 0 Å². The van der Waals surface area contributed by atoms with Gasteiger partial charge in [-0.1, -0.05) is 22.0 Å². The van der Waals surface area contributed by atoms with E-state index in [1.54, 1.807) is 25.7 Å². The number of nitrogens with one attached hydrogen (secondary N) is 1. The molecule has 0 fully saturated rings. The van der Waals surface area contributed by atoms with Crippen molar-refractivity contribution in [3.63, 3.8) is 0 Å². The molecular formula is C13H18BrNO2S. The summed E-state index contributed by atoms with van der Waals surface area (Å²) in [5.74, 6) is 0.124. The third kappa shape index (κ3) is 4.63. The van der Waals surface area contributed by atoms with Gasteiger partial charge in [0.15, 0.2) is 0 Å². The Morgan fingerprint density at radius 1 is 1.56 bits per heavy atom. The summed E-state index contributed by atoms with van der Waals surface area (Å²) in [6, 6.07) is 8.12. The molecule has 0 aromatic heterocycles. The van der Waals surface area contributed by atoms with Crippen LogP contribution in [0.3, 0.4) is 0 Å². The molecule has 3 nitrogen and oxygen atoms in total. The number of carbonyl (C=O) groups is 1.